The van der Waals surface area contributed by atoms with Crippen LogP contribution >= 0.6 is 25.0 Å². The van der Waals surface area contributed by atoms with Crippen LogP contribution in [-0.4, -0.2) is 58.8 Å². The van der Waals surface area contributed by atoms with Crippen molar-refractivity contribution in [3.05, 3.63) is 39.9 Å². The van der Waals surface area contributed by atoms with Gasteiger partial charge in [-0.2, -0.15) is 12.6 Å². The number of hydrogen-bond acceptors (Lipinski definition) is 6. The highest BCUT2D eigenvalue weighted by atomic mass is 35.5. The lowest BCUT2D eigenvalue weighted by atomic mass is 9.88. The number of benzene rings is 1. The van der Waals surface area contributed by atoms with Crippen molar-refractivity contribution in [1.29, 1.82) is 0 Å². The fourth-order valence-electron chi connectivity index (χ4n) is 3.86. The fourth-order valence-corrected chi connectivity index (χ4v) is 4.25. The molecule has 1 amide bonds. The molecule has 2 aliphatic rings. The van der Waals surface area contributed by atoms with Crippen LogP contribution in [0.25, 0.3) is 0 Å². The summed E-state index contributed by atoms with van der Waals surface area (Å²) in [6, 6.07) is 6.26. The maximum absolute atomic E-state index is 12.6. The first-order chi connectivity index (χ1) is 12.4. The molecule has 2 saturated heterocycles. The van der Waals surface area contributed by atoms with Crippen molar-refractivity contribution in [1.82, 2.24) is 9.80 Å². The van der Waals surface area contributed by atoms with E-state index in [0.717, 1.165) is 37.9 Å². The summed E-state index contributed by atoms with van der Waals surface area (Å²) in [7, 11) is 2.13. The van der Waals surface area contributed by atoms with Gasteiger partial charge in [-0.05, 0) is 63.0 Å². The van der Waals surface area contributed by atoms with Crippen molar-refractivity contribution in [2.24, 2.45) is 5.92 Å². The fraction of sp³-hybridized carbons (Fsp3) is 0.611. The quantitative estimate of drug-likeness (QED) is 0.463. The molecule has 2 atom stereocenters. The summed E-state index contributed by atoms with van der Waals surface area (Å²) < 4.78 is 5.48. The lowest BCUT2D eigenvalue weighted by molar-refractivity contribution is -0.384. The summed E-state index contributed by atoms with van der Waals surface area (Å²) >= 11 is 4.59. The summed E-state index contributed by atoms with van der Waals surface area (Å²) in [5.41, 5.74) is 0.765. The Morgan fingerprint density at radius 2 is 1.93 bits per heavy atom. The Morgan fingerprint density at radius 3 is 2.52 bits per heavy atom. The molecule has 0 aromatic heterocycles. The first kappa shape index (κ1) is 21.8. The van der Waals surface area contributed by atoms with Crippen molar-refractivity contribution >= 4 is 36.8 Å². The Hall–Kier alpha value is -1.51. The van der Waals surface area contributed by atoms with E-state index in [1.807, 2.05) is 4.90 Å². The molecule has 0 radical (unpaired) electrons. The molecule has 0 bridgehead atoms. The molecule has 0 unspecified atom stereocenters. The van der Waals surface area contributed by atoms with Gasteiger partial charge in [0.25, 0.3) is 5.69 Å². The topological polar surface area (TPSA) is 75.9 Å². The van der Waals surface area contributed by atoms with Gasteiger partial charge in [-0.3, -0.25) is 10.1 Å². The smallest absolute Gasteiger partial charge is 0.410 e. The van der Waals surface area contributed by atoms with Gasteiger partial charge in [0.15, 0.2) is 0 Å². The summed E-state index contributed by atoms with van der Waals surface area (Å²) in [5.74, 6) is 0.496. The minimum Gasteiger partial charge on any atom is -0.445 e. The van der Waals surface area contributed by atoms with Gasteiger partial charge in [-0.1, -0.05) is 0 Å². The number of nitro benzene ring substituents is 1. The number of ether oxygens (including phenoxy) is 1. The van der Waals surface area contributed by atoms with Crippen LogP contribution in [0.3, 0.4) is 0 Å². The third kappa shape index (κ3) is 5.49. The first-order valence-electron chi connectivity index (χ1n) is 8.97. The second-order valence-electron chi connectivity index (χ2n) is 7.23. The minimum absolute atomic E-state index is 0. The van der Waals surface area contributed by atoms with Gasteiger partial charge in [0.1, 0.15) is 6.61 Å². The van der Waals surface area contributed by atoms with E-state index in [9.17, 15) is 14.9 Å². The largest absolute Gasteiger partial charge is 0.445 e. The van der Waals surface area contributed by atoms with Crippen LogP contribution in [0, 0.1) is 16.0 Å². The second-order valence-corrected chi connectivity index (χ2v) is 7.96. The SMILES string of the molecule is CN1CCC([C@@H]2C[C@H](S)CN2C(=O)OCc2ccc([N+](=O)[O-])cc2)CC1.Cl. The molecule has 0 aliphatic carbocycles. The number of hydrogen-bond donors (Lipinski definition) is 1. The molecule has 0 N–H and O–H groups in total. The number of carbonyl (C=O) groups is 1. The molecule has 1 aromatic rings. The Bertz CT molecular complexity index is 653. The second kappa shape index (κ2) is 9.61. The van der Waals surface area contributed by atoms with Crippen molar-refractivity contribution in [3.63, 3.8) is 0 Å². The number of amides is 1. The highest BCUT2D eigenvalue weighted by Crippen LogP contribution is 2.33. The summed E-state index contributed by atoms with van der Waals surface area (Å²) in [6.07, 6.45) is 2.77. The highest BCUT2D eigenvalue weighted by molar-refractivity contribution is 7.81. The Kier molecular flexibility index (Phi) is 7.76. The van der Waals surface area contributed by atoms with Crippen LogP contribution < -0.4 is 0 Å². The van der Waals surface area contributed by atoms with Crippen LogP contribution in [-0.2, 0) is 11.3 Å². The number of piperidine rings is 1. The van der Waals surface area contributed by atoms with Crippen molar-refractivity contribution in [3.8, 4) is 0 Å². The molecule has 0 saturated carbocycles. The van der Waals surface area contributed by atoms with E-state index in [4.69, 9.17) is 4.74 Å². The average Bonchev–Trinajstić information content (AvgIpc) is 3.02. The predicted molar refractivity (Wildman–Crippen MR) is 109 cm³/mol. The molecule has 2 aliphatic heterocycles. The molecule has 150 valence electrons. The number of halogens is 1. The number of nitrogens with zero attached hydrogens (tertiary/aromatic N) is 3. The van der Waals surface area contributed by atoms with Crippen LogP contribution in [0.2, 0.25) is 0 Å². The number of nitro groups is 1. The van der Waals surface area contributed by atoms with Gasteiger partial charge in [0.2, 0.25) is 0 Å². The highest BCUT2D eigenvalue weighted by Gasteiger charge is 2.40. The van der Waals surface area contributed by atoms with Crippen LogP contribution in [0.4, 0.5) is 10.5 Å². The van der Waals surface area contributed by atoms with E-state index in [1.54, 1.807) is 12.1 Å². The number of carbonyl (C=O) groups excluding carboxylic acids is 1. The number of thiol groups is 1. The lowest BCUT2D eigenvalue weighted by Gasteiger charge is -2.36. The van der Waals surface area contributed by atoms with Crippen molar-refractivity contribution < 1.29 is 14.5 Å². The van der Waals surface area contributed by atoms with Gasteiger partial charge >= 0.3 is 6.09 Å². The van der Waals surface area contributed by atoms with Gasteiger partial charge in [0, 0.05) is 30.0 Å². The summed E-state index contributed by atoms with van der Waals surface area (Å²) in [4.78, 5) is 27.0. The van der Waals surface area contributed by atoms with E-state index in [-0.39, 0.29) is 42.1 Å². The number of rotatable bonds is 4. The Balaban J connectivity index is 0.00000261. The normalized spacial score (nSPS) is 23.7. The van der Waals surface area contributed by atoms with Gasteiger partial charge < -0.3 is 14.5 Å². The van der Waals surface area contributed by atoms with Crippen molar-refractivity contribution in [2.45, 2.75) is 37.2 Å². The third-order valence-corrected chi connectivity index (χ3v) is 5.75. The molecule has 27 heavy (non-hydrogen) atoms. The van der Waals surface area contributed by atoms with Gasteiger partial charge in [-0.25, -0.2) is 4.79 Å². The predicted octanol–water partition coefficient (Wildman–Crippen LogP) is 3.37. The Morgan fingerprint density at radius 1 is 1.30 bits per heavy atom. The maximum Gasteiger partial charge on any atom is 0.410 e. The molecule has 7 nitrogen and oxygen atoms in total. The molecule has 3 rings (SSSR count). The Labute approximate surface area is 171 Å². The van der Waals surface area contributed by atoms with Crippen LogP contribution in [0.15, 0.2) is 24.3 Å². The maximum atomic E-state index is 12.6. The molecule has 0 spiro atoms. The van der Waals surface area contributed by atoms with Crippen molar-refractivity contribution in [2.75, 3.05) is 26.7 Å². The van der Waals surface area contributed by atoms with E-state index in [1.165, 1.54) is 12.1 Å². The van der Waals surface area contributed by atoms with E-state index < -0.39 is 4.92 Å². The van der Waals surface area contributed by atoms with Gasteiger partial charge in [0.05, 0.1) is 4.92 Å². The average molecular weight is 416 g/mol. The first-order valence-corrected chi connectivity index (χ1v) is 9.49. The molecule has 9 heteroatoms. The lowest BCUT2D eigenvalue weighted by Crippen LogP contribution is -2.44. The molecule has 2 heterocycles. The third-order valence-electron chi connectivity index (χ3n) is 5.37. The van der Waals surface area contributed by atoms with Crippen LogP contribution in [0.1, 0.15) is 24.8 Å². The standard InChI is InChI=1S/C18H25N3O4S.ClH/c1-19-8-6-14(7-9-19)17-10-16(26)11-20(17)18(22)25-12-13-2-4-15(5-3-13)21(23)24;/h2-5,14,16-17,26H,6-12H2,1H3;1H/t16-,17-;/m0./s1. The zero-order valence-electron chi connectivity index (χ0n) is 15.3. The number of likely N-dealkylation sites (tertiary alicyclic amines) is 2. The summed E-state index contributed by atoms with van der Waals surface area (Å²) in [5, 5.41) is 10.9. The zero-order chi connectivity index (χ0) is 18.7. The molecule has 1 aromatic carbocycles. The zero-order valence-corrected chi connectivity index (χ0v) is 17.0. The van der Waals surface area contributed by atoms with Crippen LogP contribution in [0.5, 0.6) is 0 Å². The molecule has 2 fully saturated rings. The minimum atomic E-state index is -0.445. The monoisotopic (exact) mass is 415 g/mol. The number of non-ortho nitro benzene ring substituents is 1. The van der Waals surface area contributed by atoms with E-state index in [2.05, 4.69) is 24.6 Å². The van der Waals surface area contributed by atoms with E-state index >= 15 is 0 Å². The molecular weight excluding hydrogens is 390 g/mol. The molecular formula is C18H26ClN3O4S. The van der Waals surface area contributed by atoms with E-state index in [0.29, 0.717) is 12.5 Å². The van der Waals surface area contributed by atoms with Gasteiger partial charge in [-0.15, -0.1) is 12.4 Å². The summed E-state index contributed by atoms with van der Waals surface area (Å²) in [6.45, 7) is 2.85.